The minimum absolute atomic E-state index is 0.0105. The summed E-state index contributed by atoms with van der Waals surface area (Å²) in [7, 11) is 0. The summed E-state index contributed by atoms with van der Waals surface area (Å²) in [4.78, 5) is 24.6. The van der Waals surface area contributed by atoms with E-state index in [9.17, 15) is 22.4 Å². The summed E-state index contributed by atoms with van der Waals surface area (Å²) >= 11 is 0. The third kappa shape index (κ3) is 4.58. The summed E-state index contributed by atoms with van der Waals surface area (Å²) < 4.78 is 56.9. The predicted octanol–water partition coefficient (Wildman–Crippen LogP) is 6.00. The van der Waals surface area contributed by atoms with Crippen molar-refractivity contribution in [1.82, 2.24) is 14.5 Å². The van der Waals surface area contributed by atoms with Gasteiger partial charge < -0.3 is 4.90 Å². The Bertz CT molecular complexity index is 1500. The van der Waals surface area contributed by atoms with E-state index in [0.717, 1.165) is 11.6 Å². The zero-order chi connectivity index (χ0) is 26.3. The Morgan fingerprint density at radius 1 is 0.973 bits per heavy atom. The molecule has 9 heteroatoms. The van der Waals surface area contributed by atoms with Crippen molar-refractivity contribution in [2.24, 2.45) is 0 Å². The Kier molecular flexibility index (Phi) is 6.47. The molecule has 0 atom stereocenters. The monoisotopic (exact) mass is 510 g/mol. The van der Waals surface area contributed by atoms with Crippen LogP contribution in [0.2, 0.25) is 0 Å². The van der Waals surface area contributed by atoms with Crippen LogP contribution in [0.3, 0.4) is 0 Å². The first-order valence-electron chi connectivity index (χ1n) is 12.2. The normalized spacial score (nSPS) is 14.9. The second kappa shape index (κ2) is 9.61. The second-order valence-corrected chi connectivity index (χ2v) is 9.48. The second-order valence-electron chi connectivity index (χ2n) is 9.48. The molecule has 0 spiro atoms. The highest BCUT2D eigenvalue weighted by molar-refractivity contribution is 5.75. The largest absolute Gasteiger partial charge is 0.416 e. The van der Waals surface area contributed by atoms with Gasteiger partial charge in [-0.15, -0.1) is 0 Å². The SMILES string of the molecule is Cc1cccc(F)c1N1CCC(c2c(C)c3nccnc3n(Cc3ccccc3C(F)(F)F)c2=O)CC1. The lowest BCUT2D eigenvalue weighted by Gasteiger charge is -2.35. The number of piperidine rings is 1. The van der Waals surface area contributed by atoms with Crippen molar-refractivity contribution in [1.29, 1.82) is 0 Å². The molecule has 2 aromatic carbocycles. The summed E-state index contributed by atoms with van der Waals surface area (Å²) in [5, 5.41) is 0. The van der Waals surface area contributed by atoms with Crippen LogP contribution in [-0.4, -0.2) is 27.6 Å². The molecule has 1 fully saturated rings. The van der Waals surface area contributed by atoms with Crippen molar-refractivity contribution in [3.05, 3.63) is 98.8 Å². The average Bonchev–Trinajstić information content (AvgIpc) is 2.87. The zero-order valence-electron chi connectivity index (χ0n) is 20.5. The summed E-state index contributed by atoms with van der Waals surface area (Å²) in [5.74, 6) is -0.410. The number of aryl methyl sites for hydroxylation is 2. The maximum Gasteiger partial charge on any atom is 0.416 e. The zero-order valence-corrected chi connectivity index (χ0v) is 20.5. The molecule has 0 amide bonds. The maximum absolute atomic E-state index is 14.5. The Morgan fingerprint density at radius 3 is 2.38 bits per heavy atom. The average molecular weight is 511 g/mol. The number of pyridine rings is 1. The van der Waals surface area contributed by atoms with E-state index >= 15 is 0 Å². The van der Waals surface area contributed by atoms with Crippen LogP contribution in [0.4, 0.5) is 23.2 Å². The third-order valence-corrected chi connectivity index (χ3v) is 7.23. The van der Waals surface area contributed by atoms with E-state index < -0.39 is 11.7 Å². The molecule has 0 bridgehead atoms. The van der Waals surface area contributed by atoms with Gasteiger partial charge in [0.15, 0.2) is 5.65 Å². The smallest absolute Gasteiger partial charge is 0.369 e. The van der Waals surface area contributed by atoms with Crippen LogP contribution in [-0.2, 0) is 12.7 Å². The lowest BCUT2D eigenvalue weighted by Crippen LogP contribution is -2.37. The number of nitrogens with zero attached hydrogens (tertiary/aromatic N) is 4. The molecule has 1 saturated heterocycles. The van der Waals surface area contributed by atoms with Gasteiger partial charge in [-0.25, -0.2) is 9.37 Å². The van der Waals surface area contributed by atoms with Gasteiger partial charge in [0, 0.05) is 31.0 Å². The summed E-state index contributed by atoms with van der Waals surface area (Å²) in [6.07, 6.45) is -0.389. The standard InChI is InChI=1S/C28H26F4N4O/c1-17-6-5-9-22(29)25(17)35-14-10-19(11-15-35)23-18(2)24-26(34-13-12-33-24)36(27(23)37)16-20-7-3-4-8-21(20)28(30,31)32/h3-9,12-13,19H,10-11,14-16H2,1-2H3. The molecule has 0 N–H and O–H groups in total. The van der Waals surface area contributed by atoms with E-state index in [2.05, 4.69) is 9.97 Å². The lowest BCUT2D eigenvalue weighted by atomic mass is 9.86. The molecule has 37 heavy (non-hydrogen) atoms. The number of alkyl halides is 3. The van der Waals surface area contributed by atoms with Gasteiger partial charge in [-0.1, -0.05) is 30.3 Å². The third-order valence-electron chi connectivity index (χ3n) is 7.23. The Hall–Kier alpha value is -3.75. The topological polar surface area (TPSA) is 51.0 Å². The molecule has 2 aromatic heterocycles. The molecule has 3 heterocycles. The Labute approximate surface area is 211 Å². The van der Waals surface area contributed by atoms with Crippen molar-refractivity contribution in [2.75, 3.05) is 18.0 Å². The molecule has 0 saturated carbocycles. The predicted molar refractivity (Wildman–Crippen MR) is 134 cm³/mol. The van der Waals surface area contributed by atoms with E-state index in [1.54, 1.807) is 6.07 Å². The van der Waals surface area contributed by atoms with Crippen molar-refractivity contribution in [3.8, 4) is 0 Å². The van der Waals surface area contributed by atoms with Crippen molar-refractivity contribution in [2.45, 2.75) is 45.3 Å². The van der Waals surface area contributed by atoms with Crippen LogP contribution in [0.1, 0.15) is 46.6 Å². The fourth-order valence-corrected chi connectivity index (χ4v) is 5.47. The summed E-state index contributed by atoms with van der Waals surface area (Å²) in [6.45, 7) is 4.52. The molecule has 5 rings (SSSR count). The van der Waals surface area contributed by atoms with Crippen LogP contribution in [0.15, 0.2) is 59.7 Å². The first-order chi connectivity index (χ1) is 17.7. The van der Waals surface area contributed by atoms with E-state index in [-0.39, 0.29) is 35.0 Å². The highest BCUT2D eigenvalue weighted by Gasteiger charge is 2.34. The molecule has 0 unspecified atom stereocenters. The molecular formula is C28H26F4N4O. The lowest BCUT2D eigenvalue weighted by molar-refractivity contribution is -0.138. The summed E-state index contributed by atoms with van der Waals surface area (Å²) in [5.41, 5.74) is 2.25. The van der Waals surface area contributed by atoms with Gasteiger partial charge in [0.05, 0.1) is 17.8 Å². The van der Waals surface area contributed by atoms with E-state index in [1.165, 1.54) is 41.2 Å². The number of aromatic nitrogens is 3. The van der Waals surface area contributed by atoms with Gasteiger partial charge in [-0.05, 0) is 61.4 Å². The molecule has 0 aliphatic carbocycles. The minimum Gasteiger partial charge on any atom is -0.369 e. The Morgan fingerprint density at radius 2 is 1.68 bits per heavy atom. The van der Waals surface area contributed by atoms with Crippen LogP contribution in [0.25, 0.3) is 11.2 Å². The summed E-state index contributed by atoms with van der Waals surface area (Å²) in [6, 6.07) is 10.2. The molecular weight excluding hydrogens is 484 g/mol. The number of rotatable bonds is 4. The van der Waals surface area contributed by atoms with Gasteiger partial charge in [0.2, 0.25) is 0 Å². The van der Waals surface area contributed by atoms with E-state index in [4.69, 9.17) is 0 Å². The minimum atomic E-state index is -4.55. The number of hydrogen-bond donors (Lipinski definition) is 0. The van der Waals surface area contributed by atoms with E-state index in [0.29, 0.717) is 48.3 Å². The number of fused-ring (bicyclic) bond motifs is 1. The molecule has 5 nitrogen and oxygen atoms in total. The van der Waals surface area contributed by atoms with Crippen LogP contribution in [0.5, 0.6) is 0 Å². The van der Waals surface area contributed by atoms with Gasteiger partial charge >= 0.3 is 6.18 Å². The Balaban J connectivity index is 1.55. The van der Waals surface area contributed by atoms with Gasteiger partial charge in [0.1, 0.15) is 11.3 Å². The first-order valence-corrected chi connectivity index (χ1v) is 12.2. The van der Waals surface area contributed by atoms with Crippen LogP contribution < -0.4 is 10.5 Å². The molecule has 1 aliphatic rings. The van der Waals surface area contributed by atoms with Gasteiger partial charge in [0.25, 0.3) is 5.56 Å². The van der Waals surface area contributed by atoms with Crippen molar-refractivity contribution in [3.63, 3.8) is 0 Å². The number of hydrogen-bond acceptors (Lipinski definition) is 4. The fourth-order valence-electron chi connectivity index (χ4n) is 5.47. The highest BCUT2D eigenvalue weighted by atomic mass is 19.4. The fraction of sp³-hybridized carbons (Fsp3) is 0.321. The van der Waals surface area contributed by atoms with Gasteiger partial charge in [-0.3, -0.25) is 14.3 Å². The van der Waals surface area contributed by atoms with Crippen LogP contribution >= 0.6 is 0 Å². The quantitative estimate of drug-likeness (QED) is 0.316. The number of halogens is 4. The molecule has 0 radical (unpaired) electrons. The van der Waals surface area contributed by atoms with Crippen LogP contribution in [0, 0.1) is 19.7 Å². The highest BCUT2D eigenvalue weighted by Crippen LogP contribution is 2.35. The van der Waals surface area contributed by atoms with Gasteiger partial charge in [-0.2, -0.15) is 13.2 Å². The molecule has 4 aromatic rings. The van der Waals surface area contributed by atoms with Crippen molar-refractivity contribution < 1.29 is 17.6 Å². The number of anilines is 1. The maximum atomic E-state index is 14.5. The first kappa shape index (κ1) is 24.9. The molecule has 192 valence electrons. The number of benzene rings is 2. The van der Waals surface area contributed by atoms with E-state index in [1.807, 2.05) is 24.8 Å². The van der Waals surface area contributed by atoms with Crippen molar-refractivity contribution >= 4 is 16.9 Å². The molecule has 1 aliphatic heterocycles. The number of para-hydroxylation sites is 1.